The number of aryl methyl sites for hydroxylation is 1. The molecule has 0 aliphatic carbocycles. The number of quaternary nitrogens is 1. The third-order valence-electron chi connectivity index (χ3n) is 6.91. The molecule has 1 unspecified atom stereocenters. The molecule has 4 heteroatoms. The summed E-state index contributed by atoms with van der Waals surface area (Å²) < 4.78 is 13.9. The molecule has 3 nitrogen and oxygen atoms in total. The molecule has 3 aliphatic heterocycles. The van der Waals surface area contributed by atoms with E-state index in [2.05, 4.69) is 31.2 Å². The van der Waals surface area contributed by atoms with E-state index in [1.54, 1.807) is 12.1 Å². The first kappa shape index (κ1) is 19.3. The van der Waals surface area contributed by atoms with Gasteiger partial charge in [-0.05, 0) is 36.8 Å². The number of halogens is 1. The number of hydrogen-bond donors (Lipinski definition) is 1. The van der Waals surface area contributed by atoms with Crippen molar-refractivity contribution in [1.82, 2.24) is 0 Å². The first-order valence-corrected chi connectivity index (χ1v) is 10.3. The number of ketones is 1. The highest BCUT2D eigenvalue weighted by Gasteiger charge is 2.54. The van der Waals surface area contributed by atoms with Crippen molar-refractivity contribution in [3.05, 3.63) is 71.0 Å². The Labute approximate surface area is 166 Å². The molecule has 0 aromatic heterocycles. The zero-order chi connectivity index (χ0) is 19.8. The standard InChI is InChI=1S/C24H29FNO2/c1-18-4-8-20(9-5-18)24(28)17-26(15-12-21(24)13-16-26)14-2-3-23(27)19-6-10-22(25)11-7-19/h4-11,21,28H,2-3,12-17H2,1H3/q+1. The van der Waals surface area contributed by atoms with Crippen molar-refractivity contribution >= 4 is 5.78 Å². The summed E-state index contributed by atoms with van der Waals surface area (Å²) in [6.45, 7) is 5.89. The molecule has 28 heavy (non-hydrogen) atoms. The molecule has 3 saturated heterocycles. The maximum absolute atomic E-state index is 13.0. The zero-order valence-corrected chi connectivity index (χ0v) is 16.5. The monoisotopic (exact) mass is 382 g/mol. The summed E-state index contributed by atoms with van der Waals surface area (Å²) in [4.78, 5) is 12.4. The summed E-state index contributed by atoms with van der Waals surface area (Å²) in [5.41, 5.74) is 2.06. The normalized spacial score (nSPS) is 29.0. The maximum Gasteiger partial charge on any atom is 0.163 e. The number of Topliss-reactive ketones (excluding diaryl/α,β-unsaturated/α-hetero) is 1. The van der Waals surface area contributed by atoms with Gasteiger partial charge in [0.1, 0.15) is 18.0 Å². The van der Waals surface area contributed by atoms with Crippen LogP contribution >= 0.6 is 0 Å². The molecule has 1 N–H and O–H groups in total. The fourth-order valence-corrected chi connectivity index (χ4v) is 5.22. The minimum absolute atomic E-state index is 0.0684. The number of nitrogens with zero attached hydrogens (tertiary/aromatic N) is 1. The lowest BCUT2D eigenvalue weighted by molar-refractivity contribution is -0.952. The van der Waals surface area contributed by atoms with Crippen molar-refractivity contribution in [2.75, 3.05) is 26.2 Å². The molecule has 2 aromatic carbocycles. The Bertz CT molecular complexity index is 838. The highest BCUT2D eigenvalue weighted by atomic mass is 19.1. The van der Waals surface area contributed by atoms with Crippen molar-refractivity contribution in [3.8, 4) is 0 Å². The fourth-order valence-electron chi connectivity index (χ4n) is 5.22. The van der Waals surface area contributed by atoms with Crippen LogP contribution in [0.4, 0.5) is 4.39 Å². The van der Waals surface area contributed by atoms with Gasteiger partial charge in [0.25, 0.3) is 0 Å². The number of hydrogen-bond acceptors (Lipinski definition) is 2. The van der Waals surface area contributed by atoms with Crippen molar-refractivity contribution in [1.29, 1.82) is 0 Å². The van der Waals surface area contributed by atoms with Crippen LogP contribution in [0.25, 0.3) is 0 Å². The first-order valence-electron chi connectivity index (χ1n) is 10.3. The number of benzene rings is 2. The van der Waals surface area contributed by atoms with E-state index < -0.39 is 5.60 Å². The number of fused-ring (bicyclic) bond motifs is 3. The molecule has 2 aromatic rings. The summed E-state index contributed by atoms with van der Waals surface area (Å²) >= 11 is 0. The van der Waals surface area contributed by atoms with Crippen molar-refractivity contribution in [3.63, 3.8) is 0 Å². The van der Waals surface area contributed by atoms with E-state index >= 15 is 0 Å². The summed E-state index contributed by atoms with van der Waals surface area (Å²) in [5.74, 6) is 0.0800. The highest BCUT2D eigenvalue weighted by molar-refractivity contribution is 5.95. The maximum atomic E-state index is 13.0. The molecule has 2 bridgehead atoms. The van der Waals surface area contributed by atoms with E-state index in [-0.39, 0.29) is 11.6 Å². The summed E-state index contributed by atoms with van der Waals surface area (Å²) in [6.07, 6.45) is 3.34. The van der Waals surface area contributed by atoms with E-state index in [4.69, 9.17) is 0 Å². The Morgan fingerprint density at radius 2 is 1.75 bits per heavy atom. The smallest absolute Gasteiger partial charge is 0.163 e. The van der Waals surface area contributed by atoms with E-state index in [9.17, 15) is 14.3 Å². The molecular formula is C24H29FNO2+. The SMILES string of the molecule is Cc1ccc(C2(O)C[N+]3(CCCC(=O)c4ccc(F)cc4)CCC2CC3)cc1. The highest BCUT2D eigenvalue weighted by Crippen LogP contribution is 2.46. The average molecular weight is 382 g/mol. The van der Waals surface area contributed by atoms with Gasteiger partial charge in [-0.15, -0.1) is 0 Å². The molecule has 0 saturated carbocycles. The second-order valence-electron chi connectivity index (χ2n) is 8.77. The van der Waals surface area contributed by atoms with Crippen LogP contribution in [0.1, 0.15) is 47.2 Å². The van der Waals surface area contributed by atoms with Crippen LogP contribution in [-0.2, 0) is 5.60 Å². The Kier molecular flexibility index (Phi) is 5.11. The topological polar surface area (TPSA) is 37.3 Å². The van der Waals surface area contributed by atoms with Gasteiger partial charge < -0.3 is 9.59 Å². The average Bonchev–Trinajstić information content (AvgIpc) is 2.69. The van der Waals surface area contributed by atoms with Crippen LogP contribution in [0.15, 0.2) is 48.5 Å². The van der Waals surface area contributed by atoms with Gasteiger partial charge in [0.2, 0.25) is 0 Å². The lowest BCUT2D eigenvalue weighted by Crippen LogP contribution is -2.67. The summed E-state index contributed by atoms with van der Waals surface area (Å²) in [6, 6.07) is 14.1. The van der Waals surface area contributed by atoms with Crippen LogP contribution in [0.5, 0.6) is 0 Å². The molecule has 1 atom stereocenters. The van der Waals surface area contributed by atoms with Crippen LogP contribution in [0.3, 0.4) is 0 Å². The molecule has 3 heterocycles. The zero-order valence-electron chi connectivity index (χ0n) is 16.5. The van der Waals surface area contributed by atoms with Crippen LogP contribution in [0, 0.1) is 18.7 Å². The minimum atomic E-state index is -0.759. The summed E-state index contributed by atoms with van der Waals surface area (Å²) in [7, 11) is 0. The number of carbonyl (C=O) groups excluding carboxylic acids is 1. The van der Waals surface area contributed by atoms with Gasteiger partial charge in [-0.1, -0.05) is 29.8 Å². The van der Waals surface area contributed by atoms with Gasteiger partial charge in [-0.2, -0.15) is 0 Å². The lowest BCUT2D eigenvalue weighted by atomic mass is 9.70. The largest absolute Gasteiger partial charge is 0.379 e. The van der Waals surface area contributed by atoms with Crippen LogP contribution in [-0.4, -0.2) is 41.6 Å². The molecular weight excluding hydrogens is 353 g/mol. The summed E-state index contributed by atoms with van der Waals surface area (Å²) in [5, 5.41) is 11.6. The number of piperidine rings is 3. The predicted molar refractivity (Wildman–Crippen MR) is 107 cm³/mol. The van der Waals surface area contributed by atoms with Gasteiger partial charge >= 0.3 is 0 Å². The van der Waals surface area contributed by atoms with Gasteiger partial charge in [0, 0.05) is 37.2 Å². The second-order valence-corrected chi connectivity index (χ2v) is 8.77. The number of aliphatic hydroxyl groups is 1. The van der Waals surface area contributed by atoms with Crippen molar-refractivity contribution in [2.45, 2.75) is 38.2 Å². The first-order chi connectivity index (χ1) is 13.4. The fraction of sp³-hybridized carbons (Fsp3) is 0.458. The van der Waals surface area contributed by atoms with Crippen molar-refractivity contribution in [2.24, 2.45) is 5.92 Å². The third-order valence-corrected chi connectivity index (χ3v) is 6.91. The van der Waals surface area contributed by atoms with E-state index in [1.807, 2.05) is 0 Å². The second kappa shape index (κ2) is 7.41. The Morgan fingerprint density at radius 1 is 1.11 bits per heavy atom. The van der Waals surface area contributed by atoms with Gasteiger partial charge in [-0.25, -0.2) is 4.39 Å². The predicted octanol–water partition coefficient (Wildman–Crippen LogP) is 4.23. The molecule has 3 fully saturated rings. The molecule has 0 spiro atoms. The molecule has 148 valence electrons. The van der Waals surface area contributed by atoms with Crippen LogP contribution in [0.2, 0.25) is 0 Å². The molecule has 0 radical (unpaired) electrons. The Balaban J connectivity index is 1.42. The number of carbonyl (C=O) groups is 1. The Hall–Kier alpha value is -2.04. The number of rotatable bonds is 6. The third kappa shape index (κ3) is 3.63. The van der Waals surface area contributed by atoms with E-state index in [0.717, 1.165) is 55.5 Å². The van der Waals surface area contributed by atoms with E-state index in [0.29, 0.717) is 17.9 Å². The van der Waals surface area contributed by atoms with Gasteiger partial charge in [-0.3, -0.25) is 4.79 Å². The van der Waals surface area contributed by atoms with Gasteiger partial charge in [0.05, 0.1) is 19.6 Å². The Morgan fingerprint density at radius 3 is 2.39 bits per heavy atom. The molecule has 3 aliphatic rings. The quantitative estimate of drug-likeness (QED) is 0.600. The molecule has 5 rings (SSSR count). The van der Waals surface area contributed by atoms with E-state index in [1.165, 1.54) is 17.7 Å². The lowest BCUT2D eigenvalue weighted by Gasteiger charge is -2.56. The van der Waals surface area contributed by atoms with Crippen molar-refractivity contribution < 1.29 is 18.8 Å². The minimum Gasteiger partial charge on any atom is -0.379 e. The van der Waals surface area contributed by atoms with Gasteiger partial charge in [0.15, 0.2) is 5.78 Å². The van der Waals surface area contributed by atoms with Crippen LogP contribution < -0.4 is 0 Å². The molecule has 0 amide bonds.